The SMILES string of the molecule is C=CCSc1nnc2c(n1)OC(c1ccc(OCC(=O)O)cc1)Nc1ccc(Br)cc1-2. The average molecular weight is 501 g/mol. The van der Waals surface area contributed by atoms with Crippen LogP contribution in [0, 0.1) is 0 Å². The standard InChI is InChI=1S/C21H17BrN4O4S/c1-2-9-31-21-24-20-18(25-26-21)15-10-13(22)5-8-16(15)23-19(30-20)12-3-6-14(7-4-12)29-11-17(27)28/h2-8,10,19,23H,1,9,11H2,(H,27,28). The largest absolute Gasteiger partial charge is 0.482 e. The Morgan fingerprint density at radius 1 is 1.29 bits per heavy atom. The molecule has 0 fully saturated rings. The van der Waals surface area contributed by atoms with Crippen LogP contribution >= 0.6 is 27.7 Å². The summed E-state index contributed by atoms with van der Waals surface area (Å²) >= 11 is 4.92. The van der Waals surface area contributed by atoms with Gasteiger partial charge in [-0.1, -0.05) is 33.8 Å². The van der Waals surface area contributed by atoms with Crippen molar-refractivity contribution in [1.82, 2.24) is 15.2 Å². The fourth-order valence-corrected chi connectivity index (χ4v) is 3.77. The Morgan fingerprint density at radius 2 is 2.10 bits per heavy atom. The van der Waals surface area contributed by atoms with Crippen molar-refractivity contribution in [2.45, 2.75) is 11.4 Å². The van der Waals surface area contributed by atoms with Crippen molar-refractivity contribution in [1.29, 1.82) is 0 Å². The molecule has 0 radical (unpaired) electrons. The van der Waals surface area contributed by atoms with Gasteiger partial charge in [-0.3, -0.25) is 0 Å². The first-order valence-corrected chi connectivity index (χ1v) is 11.0. The van der Waals surface area contributed by atoms with Gasteiger partial charge in [0, 0.05) is 27.0 Å². The van der Waals surface area contributed by atoms with Crippen molar-refractivity contribution < 1.29 is 19.4 Å². The molecular weight excluding hydrogens is 484 g/mol. The van der Waals surface area contributed by atoms with E-state index in [0.717, 1.165) is 21.3 Å². The zero-order valence-electron chi connectivity index (χ0n) is 16.1. The monoisotopic (exact) mass is 500 g/mol. The molecule has 0 spiro atoms. The highest BCUT2D eigenvalue weighted by atomic mass is 79.9. The highest BCUT2D eigenvalue weighted by molar-refractivity contribution is 9.10. The molecule has 2 heterocycles. The number of fused-ring (bicyclic) bond motifs is 3. The first kappa shape index (κ1) is 21.1. The third kappa shape index (κ3) is 4.97. The lowest BCUT2D eigenvalue weighted by molar-refractivity contribution is -0.139. The van der Waals surface area contributed by atoms with E-state index in [1.165, 1.54) is 11.8 Å². The predicted molar refractivity (Wildman–Crippen MR) is 120 cm³/mol. The third-order valence-electron chi connectivity index (χ3n) is 4.26. The summed E-state index contributed by atoms with van der Waals surface area (Å²) in [5.41, 5.74) is 2.98. The Hall–Kier alpha value is -3.11. The molecule has 1 aliphatic heterocycles. The van der Waals surface area contributed by atoms with Crippen molar-refractivity contribution in [3.8, 4) is 22.9 Å². The summed E-state index contributed by atoms with van der Waals surface area (Å²) < 4.78 is 12.3. The fraction of sp³-hybridized carbons (Fsp3) is 0.143. The van der Waals surface area contributed by atoms with Gasteiger partial charge in [0.1, 0.15) is 5.75 Å². The number of anilines is 1. The van der Waals surface area contributed by atoms with Crippen LogP contribution < -0.4 is 14.8 Å². The van der Waals surface area contributed by atoms with E-state index in [1.54, 1.807) is 30.3 Å². The van der Waals surface area contributed by atoms with Gasteiger partial charge in [-0.25, -0.2) is 4.79 Å². The van der Waals surface area contributed by atoms with E-state index in [-0.39, 0.29) is 0 Å². The molecule has 4 rings (SSSR count). The second-order valence-electron chi connectivity index (χ2n) is 6.43. The maximum Gasteiger partial charge on any atom is 0.341 e. The number of nitrogens with zero attached hydrogens (tertiary/aromatic N) is 3. The van der Waals surface area contributed by atoms with Crippen LogP contribution in [0.5, 0.6) is 11.6 Å². The van der Waals surface area contributed by atoms with Crippen LogP contribution in [0.25, 0.3) is 11.3 Å². The van der Waals surface area contributed by atoms with Crippen LogP contribution in [0.1, 0.15) is 11.8 Å². The van der Waals surface area contributed by atoms with Gasteiger partial charge < -0.3 is 19.9 Å². The van der Waals surface area contributed by atoms with Gasteiger partial charge in [-0.2, -0.15) is 4.98 Å². The summed E-state index contributed by atoms with van der Waals surface area (Å²) in [4.78, 5) is 15.2. The molecule has 158 valence electrons. The summed E-state index contributed by atoms with van der Waals surface area (Å²) in [7, 11) is 0. The Morgan fingerprint density at radius 3 is 2.84 bits per heavy atom. The molecule has 3 aromatic rings. The lowest BCUT2D eigenvalue weighted by atomic mass is 10.1. The van der Waals surface area contributed by atoms with Crippen molar-refractivity contribution in [3.63, 3.8) is 0 Å². The minimum atomic E-state index is -1.03. The third-order valence-corrected chi connectivity index (χ3v) is 5.59. The summed E-state index contributed by atoms with van der Waals surface area (Å²) in [5, 5.41) is 21.2. The molecule has 10 heteroatoms. The van der Waals surface area contributed by atoms with Crippen LogP contribution in [0.4, 0.5) is 5.69 Å². The number of aromatic nitrogens is 3. The average Bonchev–Trinajstić information content (AvgIpc) is 2.93. The molecule has 0 amide bonds. The summed E-state index contributed by atoms with van der Waals surface area (Å²) in [6.07, 6.45) is 1.22. The number of hydrogen-bond acceptors (Lipinski definition) is 8. The highest BCUT2D eigenvalue weighted by Gasteiger charge is 2.26. The van der Waals surface area contributed by atoms with E-state index in [9.17, 15) is 4.79 Å². The van der Waals surface area contributed by atoms with Gasteiger partial charge >= 0.3 is 5.97 Å². The number of nitrogens with one attached hydrogen (secondary N) is 1. The van der Waals surface area contributed by atoms with Gasteiger partial charge in [0.05, 0.1) is 0 Å². The molecule has 0 saturated heterocycles. The Kier molecular flexibility index (Phi) is 6.38. The number of hydrogen-bond donors (Lipinski definition) is 2. The zero-order chi connectivity index (χ0) is 21.8. The van der Waals surface area contributed by atoms with Crippen LogP contribution in [-0.4, -0.2) is 38.6 Å². The van der Waals surface area contributed by atoms with Crippen LogP contribution in [0.15, 0.2) is 64.7 Å². The minimum Gasteiger partial charge on any atom is -0.482 e. The molecule has 1 atom stereocenters. The zero-order valence-corrected chi connectivity index (χ0v) is 18.5. The maximum atomic E-state index is 10.7. The number of thioether (sulfide) groups is 1. The van der Waals surface area contributed by atoms with Gasteiger partial charge in [0.2, 0.25) is 11.0 Å². The number of rotatable bonds is 7. The first-order chi connectivity index (χ1) is 15.0. The van der Waals surface area contributed by atoms with Gasteiger partial charge in [-0.15, -0.1) is 16.8 Å². The van der Waals surface area contributed by atoms with E-state index in [4.69, 9.17) is 14.6 Å². The van der Waals surface area contributed by atoms with Crippen LogP contribution in [0.2, 0.25) is 0 Å². The maximum absolute atomic E-state index is 10.7. The lowest BCUT2D eigenvalue weighted by Crippen LogP contribution is -2.17. The quantitative estimate of drug-likeness (QED) is 0.356. The number of carboxylic acid groups (broad SMARTS) is 1. The topological polar surface area (TPSA) is 106 Å². The molecule has 2 aromatic carbocycles. The molecular formula is C21H17BrN4O4S. The molecule has 31 heavy (non-hydrogen) atoms. The molecule has 0 bridgehead atoms. The number of carbonyl (C=O) groups is 1. The van der Waals surface area contributed by atoms with E-state index in [2.05, 4.69) is 43.0 Å². The second-order valence-corrected chi connectivity index (χ2v) is 8.33. The van der Waals surface area contributed by atoms with E-state index in [0.29, 0.717) is 28.2 Å². The molecule has 1 aliphatic rings. The molecule has 1 aromatic heterocycles. The number of halogens is 1. The minimum absolute atomic E-state index is 0.363. The van der Waals surface area contributed by atoms with Gasteiger partial charge in [0.15, 0.2) is 18.5 Å². The normalized spacial score (nSPS) is 14.3. The number of carboxylic acids is 1. The highest BCUT2D eigenvalue weighted by Crippen LogP contribution is 2.40. The van der Waals surface area contributed by atoms with Crippen LogP contribution in [-0.2, 0) is 4.79 Å². The summed E-state index contributed by atoms with van der Waals surface area (Å²) in [5.74, 6) is 0.440. The number of ether oxygens (including phenoxy) is 2. The van der Waals surface area contributed by atoms with Gasteiger partial charge in [-0.05, 0) is 42.5 Å². The first-order valence-electron chi connectivity index (χ1n) is 9.19. The number of aliphatic carboxylic acids is 1. The Bertz CT molecular complexity index is 1130. The predicted octanol–water partition coefficient (Wildman–Crippen LogP) is 4.55. The smallest absolute Gasteiger partial charge is 0.341 e. The van der Waals surface area contributed by atoms with Crippen molar-refractivity contribution >= 4 is 39.3 Å². The number of benzene rings is 2. The van der Waals surface area contributed by atoms with E-state index < -0.39 is 18.8 Å². The molecule has 0 saturated carbocycles. The van der Waals surface area contributed by atoms with Gasteiger partial charge in [0.25, 0.3) is 0 Å². The fourth-order valence-electron chi connectivity index (χ4n) is 2.90. The van der Waals surface area contributed by atoms with Crippen molar-refractivity contribution in [3.05, 3.63) is 65.2 Å². The lowest BCUT2D eigenvalue weighted by Gasteiger charge is -2.19. The van der Waals surface area contributed by atoms with E-state index in [1.807, 2.05) is 18.2 Å². The summed E-state index contributed by atoms with van der Waals surface area (Å²) in [6, 6.07) is 12.8. The molecule has 0 aliphatic carbocycles. The van der Waals surface area contributed by atoms with Crippen molar-refractivity contribution in [2.24, 2.45) is 0 Å². The van der Waals surface area contributed by atoms with Crippen LogP contribution in [0.3, 0.4) is 0 Å². The Labute approximate surface area is 190 Å². The molecule has 2 N–H and O–H groups in total. The second kappa shape index (κ2) is 9.36. The molecule has 1 unspecified atom stereocenters. The summed E-state index contributed by atoms with van der Waals surface area (Å²) in [6.45, 7) is 3.31. The molecule has 8 nitrogen and oxygen atoms in total. The van der Waals surface area contributed by atoms with E-state index >= 15 is 0 Å². The van der Waals surface area contributed by atoms with Crippen molar-refractivity contribution in [2.75, 3.05) is 17.7 Å². The Balaban J connectivity index is 1.69.